The van der Waals surface area contributed by atoms with Gasteiger partial charge in [-0.3, -0.25) is 4.68 Å². The lowest BCUT2D eigenvalue weighted by molar-refractivity contribution is -0.138. The number of halogens is 4. The number of alkyl halides is 3. The average molecular weight is 334 g/mol. The normalized spacial score (nSPS) is 11.6. The van der Waals surface area contributed by atoms with Crippen molar-refractivity contribution in [3.8, 4) is 0 Å². The van der Waals surface area contributed by atoms with E-state index in [-0.39, 0.29) is 4.47 Å². The van der Waals surface area contributed by atoms with Crippen molar-refractivity contribution in [3.05, 3.63) is 46.2 Å². The summed E-state index contributed by atoms with van der Waals surface area (Å²) in [7, 11) is 1.78. The summed E-state index contributed by atoms with van der Waals surface area (Å²) in [6.07, 6.45) is -2.60. The number of nitrogens with one attached hydrogen (secondary N) is 1. The first kappa shape index (κ1) is 13.9. The third-order valence-corrected chi connectivity index (χ3v) is 3.21. The molecule has 1 N–H and O–H groups in total. The van der Waals surface area contributed by atoms with E-state index in [0.717, 1.165) is 11.8 Å². The van der Waals surface area contributed by atoms with Crippen molar-refractivity contribution in [1.29, 1.82) is 0 Å². The number of rotatable bonds is 3. The van der Waals surface area contributed by atoms with E-state index in [1.165, 1.54) is 6.07 Å². The number of benzene rings is 1. The zero-order chi connectivity index (χ0) is 14.0. The van der Waals surface area contributed by atoms with Crippen LogP contribution in [-0.4, -0.2) is 9.78 Å². The molecule has 0 aliphatic rings. The lowest BCUT2D eigenvalue weighted by atomic mass is 10.2. The van der Waals surface area contributed by atoms with Crippen LogP contribution >= 0.6 is 15.9 Å². The maximum atomic E-state index is 12.7. The van der Waals surface area contributed by atoms with Crippen LogP contribution in [0.25, 0.3) is 0 Å². The van der Waals surface area contributed by atoms with Crippen LogP contribution in [0.1, 0.15) is 11.3 Å². The zero-order valence-electron chi connectivity index (χ0n) is 10.0. The number of anilines is 1. The number of hydrogen-bond donors (Lipinski definition) is 1. The molecule has 19 heavy (non-hydrogen) atoms. The van der Waals surface area contributed by atoms with Crippen molar-refractivity contribution >= 4 is 21.6 Å². The van der Waals surface area contributed by atoms with Gasteiger partial charge in [0.2, 0.25) is 0 Å². The zero-order valence-corrected chi connectivity index (χ0v) is 11.6. The van der Waals surface area contributed by atoms with Gasteiger partial charge in [0, 0.05) is 23.4 Å². The largest absolute Gasteiger partial charge is 0.417 e. The Morgan fingerprint density at radius 3 is 2.63 bits per heavy atom. The number of nitrogens with zero attached hydrogens (tertiary/aromatic N) is 2. The molecule has 2 rings (SSSR count). The molecule has 0 atom stereocenters. The van der Waals surface area contributed by atoms with Crippen LogP contribution in [-0.2, 0) is 19.8 Å². The van der Waals surface area contributed by atoms with E-state index < -0.39 is 11.7 Å². The summed E-state index contributed by atoms with van der Waals surface area (Å²) >= 11 is 2.90. The summed E-state index contributed by atoms with van der Waals surface area (Å²) in [6.45, 7) is 0.375. The fraction of sp³-hybridized carbons (Fsp3) is 0.250. The molecule has 7 heteroatoms. The Labute approximate surface area is 116 Å². The van der Waals surface area contributed by atoms with Gasteiger partial charge in [0.25, 0.3) is 0 Å². The van der Waals surface area contributed by atoms with Gasteiger partial charge in [0.15, 0.2) is 0 Å². The highest BCUT2D eigenvalue weighted by Gasteiger charge is 2.33. The topological polar surface area (TPSA) is 29.9 Å². The molecule has 0 fully saturated rings. The van der Waals surface area contributed by atoms with Crippen LogP contribution in [0.2, 0.25) is 0 Å². The van der Waals surface area contributed by atoms with Crippen LogP contribution in [0.5, 0.6) is 0 Å². The van der Waals surface area contributed by atoms with Crippen LogP contribution in [0, 0.1) is 0 Å². The molecule has 0 aliphatic heterocycles. The molecule has 0 spiro atoms. The second-order valence-corrected chi connectivity index (χ2v) is 4.88. The summed E-state index contributed by atoms with van der Waals surface area (Å²) in [4.78, 5) is 0. The lowest BCUT2D eigenvalue weighted by Crippen LogP contribution is -2.08. The minimum atomic E-state index is -4.37. The van der Waals surface area contributed by atoms with Crippen LogP contribution < -0.4 is 5.32 Å². The minimum Gasteiger partial charge on any atom is -0.379 e. The van der Waals surface area contributed by atoms with E-state index in [1.54, 1.807) is 30.1 Å². The highest BCUT2D eigenvalue weighted by Crippen LogP contribution is 2.36. The van der Waals surface area contributed by atoms with Gasteiger partial charge in [-0.25, -0.2) is 0 Å². The van der Waals surface area contributed by atoms with Crippen molar-refractivity contribution in [2.45, 2.75) is 12.7 Å². The molecule has 0 aliphatic carbocycles. The highest BCUT2D eigenvalue weighted by molar-refractivity contribution is 9.10. The van der Waals surface area contributed by atoms with E-state index >= 15 is 0 Å². The fourth-order valence-corrected chi connectivity index (χ4v) is 2.07. The molecule has 0 unspecified atom stereocenters. The molecule has 0 amide bonds. The smallest absolute Gasteiger partial charge is 0.379 e. The predicted molar refractivity (Wildman–Crippen MR) is 69.7 cm³/mol. The Balaban J connectivity index is 2.13. The van der Waals surface area contributed by atoms with Gasteiger partial charge in [-0.2, -0.15) is 18.3 Å². The molecule has 1 aromatic carbocycles. The number of aromatic nitrogens is 2. The summed E-state index contributed by atoms with van der Waals surface area (Å²) in [5.41, 5.74) is 0.471. The van der Waals surface area contributed by atoms with Gasteiger partial charge in [-0.1, -0.05) is 15.9 Å². The Hall–Kier alpha value is -1.50. The van der Waals surface area contributed by atoms with Gasteiger partial charge in [0.05, 0.1) is 17.8 Å². The fourth-order valence-electron chi connectivity index (χ4n) is 1.60. The monoisotopic (exact) mass is 333 g/mol. The summed E-state index contributed by atoms with van der Waals surface area (Å²) < 4.78 is 39.8. The molecule has 0 saturated heterocycles. The third kappa shape index (κ3) is 3.50. The van der Waals surface area contributed by atoms with Gasteiger partial charge >= 0.3 is 6.18 Å². The average Bonchev–Trinajstić information content (AvgIpc) is 2.72. The van der Waals surface area contributed by atoms with Crippen molar-refractivity contribution in [1.82, 2.24) is 9.78 Å². The van der Waals surface area contributed by atoms with Gasteiger partial charge in [-0.05, 0) is 24.3 Å². The van der Waals surface area contributed by atoms with Crippen molar-refractivity contribution in [2.24, 2.45) is 7.05 Å². The van der Waals surface area contributed by atoms with Crippen LogP contribution in [0.15, 0.2) is 34.9 Å². The number of hydrogen-bond acceptors (Lipinski definition) is 2. The lowest BCUT2D eigenvalue weighted by Gasteiger charge is -2.12. The Morgan fingerprint density at radius 2 is 2.05 bits per heavy atom. The van der Waals surface area contributed by atoms with Crippen LogP contribution in [0.4, 0.5) is 18.9 Å². The quantitative estimate of drug-likeness (QED) is 0.925. The Morgan fingerprint density at radius 1 is 1.32 bits per heavy atom. The first-order chi connectivity index (χ1) is 8.86. The molecule has 3 nitrogen and oxygen atoms in total. The van der Waals surface area contributed by atoms with E-state index in [4.69, 9.17) is 0 Å². The summed E-state index contributed by atoms with van der Waals surface area (Å²) in [6, 6.07) is 5.84. The Bertz CT molecular complexity index is 578. The molecular weight excluding hydrogens is 323 g/mol. The standard InChI is InChI=1S/C12H11BrF3N3/c1-19-5-4-9(18-19)7-17-8-2-3-11(13)10(6-8)12(14,15)16/h2-6,17H,7H2,1H3. The third-order valence-electron chi connectivity index (χ3n) is 2.51. The maximum Gasteiger partial charge on any atom is 0.417 e. The molecule has 2 aromatic rings. The molecule has 0 bridgehead atoms. The van der Waals surface area contributed by atoms with E-state index in [2.05, 4.69) is 26.3 Å². The van der Waals surface area contributed by atoms with Gasteiger partial charge < -0.3 is 5.32 Å². The van der Waals surface area contributed by atoms with E-state index in [1.807, 2.05) is 0 Å². The van der Waals surface area contributed by atoms with Crippen molar-refractivity contribution in [3.63, 3.8) is 0 Å². The van der Waals surface area contributed by atoms with Crippen molar-refractivity contribution < 1.29 is 13.2 Å². The minimum absolute atomic E-state index is 0.0309. The predicted octanol–water partition coefficient (Wildman–Crippen LogP) is 3.81. The Kier molecular flexibility index (Phi) is 3.84. The second kappa shape index (κ2) is 5.24. The molecular formula is C12H11BrF3N3. The van der Waals surface area contributed by atoms with E-state index in [0.29, 0.717) is 12.2 Å². The summed E-state index contributed by atoms with van der Waals surface area (Å²) in [5.74, 6) is 0. The molecule has 0 saturated carbocycles. The van der Waals surface area contributed by atoms with Gasteiger partial charge in [0.1, 0.15) is 0 Å². The molecule has 102 valence electrons. The summed E-state index contributed by atoms with van der Waals surface area (Å²) in [5, 5.41) is 7.05. The first-order valence-corrected chi connectivity index (χ1v) is 6.25. The maximum absolute atomic E-state index is 12.7. The van der Waals surface area contributed by atoms with Crippen LogP contribution in [0.3, 0.4) is 0 Å². The van der Waals surface area contributed by atoms with Crippen molar-refractivity contribution in [2.75, 3.05) is 5.32 Å². The molecule has 1 heterocycles. The highest BCUT2D eigenvalue weighted by atomic mass is 79.9. The SMILES string of the molecule is Cn1ccc(CNc2ccc(Br)c(C(F)(F)F)c2)n1. The number of aryl methyl sites for hydroxylation is 1. The molecule has 0 radical (unpaired) electrons. The van der Waals surface area contributed by atoms with E-state index in [9.17, 15) is 13.2 Å². The second-order valence-electron chi connectivity index (χ2n) is 4.03. The van der Waals surface area contributed by atoms with Gasteiger partial charge in [-0.15, -0.1) is 0 Å². The first-order valence-electron chi connectivity index (χ1n) is 5.45. The molecule has 1 aromatic heterocycles.